The molecule has 5 atom stereocenters. The van der Waals surface area contributed by atoms with Crippen molar-refractivity contribution in [1.29, 1.82) is 0 Å². The maximum Gasteiger partial charge on any atom is 0.410 e. The summed E-state index contributed by atoms with van der Waals surface area (Å²) in [6, 6.07) is 6.13. The number of carbonyl (C=O) groups is 2. The van der Waals surface area contributed by atoms with E-state index in [0.717, 1.165) is 43.2 Å². The maximum absolute atomic E-state index is 12.9. The minimum Gasteiger partial charge on any atom is -0.490 e. The zero-order valence-electron chi connectivity index (χ0n) is 21.1. The molecular formula is C27H39NO6. The van der Waals surface area contributed by atoms with Crippen molar-refractivity contribution in [3.63, 3.8) is 0 Å². The molecule has 4 rings (SSSR count). The molecule has 0 aliphatic carbocycles. The summed E-state index contributed by atoms with van der Waals surface area (Å²) in [5, 5.41) is 10.9. The lowest BCUT2D eigenvalue weighted by atomic mass is 9.74. The topological polar surface area (TPSA) is 85.3 Å². The van der Waals surface area contributed by atoms with Crippen LogP contribution in [0, 0.1) is 11.8 Å². The summed E-state index contributed by atoms with van der Waals surface area (Å²) in [7, 11) is 1.40. The van der Waals surface area contributed by atoms with Gasteiger partial charge in [0.25, 0.3) is 0 Å². The van der Waals surface area contributed by atoms with Gasteiger partial charge in [-0.1, -0.05) is 19.1 Å². The standard InChI is InChI=1S/C27H39NO6/c1-16(25(30)32-5)11-17-9-10-21-22(29)15-23(33-24(21)12-17)18-13-19-7-6-8-20(14-18)28(19)26(31)34-27(2,3)4/h9-10,12,16,18-20,22-23,29H,6-8,11,13-15H2,1-5H3. The normalized spacial score (nSPS) is 29.5. The van der Waals surface area contributed by atoms with Crippen LogP contribution >= 0.6 is 0 Å². The highest BCUT2D eigenvalue weighted by atomic mass is 16.6. The molecule has 0 spiro atoms. The zero-order chi connectivity index (χ0) is 24.6. The van der Waals surface area contributed by atoms with Gasteiger partial charge in [0.05, 0.1) is 19.1 Å². The highest BCUT2D eigenvalue weighted by Gasteiger charge is 2.46. The van der Waals surface area contributed by atoms with Crippen molar-refractivity contribution in [3.8, 4) is 5.75 Å². The van der Waals surface area contributed by atoms with E-state index in [1.54, 1.807) is 0 Å². The van der Waals surface area contributed by atoms with Crippen LogP contribution in [0.5, 0.6) is 5.75 Å². The Morgan fingerprint density at radius 3 is 2.47 bits per heavy atom. The number of esters is 1. The second-order valence-electron chi connectivity index (χ2n) is 11.3. The van der Waals surface area contributed by atoms with E-state index in [1.165, 1.54) is 7.11 Å². The van der Waals surface area contributed by atoms with E-state index in [4.69, 9.17) is 14.2 Å². The number of aliphatic hydroxyl groups excluding tert-OH is 1. The van der Waals surface area contributed by atoms with Crippen LogP contribution in [0.1, 0.15) is 83.5 Å². The van der Waals surface area contributed by atoms with Gasteiger partial charge in [0.2, 0.25) is 0 Å². The molecule has 1 aromatic rings. The molecule has 5 unspecified atom stereocenters. The molecule has 1 amide bonds. The first-order chi connectivity index (χ1) is 16.1. The van der Waals surface area contributed by atoms with Crippen LogP contribution in [0.2, 0.25) is 0 Å². The number of piperidine rings is 2. The maximum atomic E-state index is 12.9. The van der Waals surface area contributed by atoms with Gasteiger partial charge < -0.3 is 24.2 Å². The number of methoxy groups -OCH3 is 1. The summed E-state index contributed by atoms with van der Waals surface area (Å²) in [4.78, 5) is 26.7. The van der Waals surface area contributed by atoms with Crippen LogP contribution in [0.15, 0.2) is 18.2 Å². The van der Waals surface area contributed by atoms with Crippen molar-refractivity contribution < 1.29 is 28.9 Å². The van der Waals surface area contributed by atoms with Crippen LogP contribution in [0.4, 0.5) is 4.79 Å². The minimum atomic E-state index is -0.579. The Morgan fingerprint density at radius 2 is 1.85 bits per heavy atom. The van der Waals surface area contributed by atoms with Crippen LogP contribution in [-0.2, 0) is 20.7 Å². The quantitative estimate of drug-likeness (QED) is 0.633. The van der Waals surface area contributed by atoms with Crippen LogP contribution in [0.3, 0.4) is 0 Å². The molecule has 2 saturated heterocycles. The Kier molecular flexibility index (Phi) is 7.13. The van der Waals surface area contributed by atoms with Crippen molar-refractivity contribution in [3.05, 3.63) is 29.3 Å². The lowest BCUT2D eigenvalue weighted by Gasteiger charge is -2.50. The van der Waals surface area contributed by atoms with Crippen LogP contribution in [-0.4, -0.2) is 53.0 Å². The number of fused-ring (bicyclic) bond motifs is 3. The molecular weight excluding hydrogens is 434 g/mol. The van der Waals surface area contributed by atoms with Crippen LogP contribution < -0.4 is 4.74 Å². The smallest absolute Gasteiger partial charge is 0.410 e. The van der Waals surface area contributed by atoms with Crippen molar-refractivity contribution >= 4 is 12.1 Å². The number of benzene rings is 1. The molecule has 1 N–H and O–H groups in total. The number of hydrogen-bond acceptors (Lipinski definition) is 6. The molecule has 0 aromatic heterocycles. The molecule has 188 valence electrons. The summed E-state index contributed by atoms with van der Waals surface area (Å²) in [5.41, 5.74) is 1.28. The number of rotatable bonds is 4. The largest absolute Gasteiger partial charge is 0.490 e. The third-order valence-corrected chi connectivity index (χ3v) is 7.46. The van der Waals surface area contributed by atoms with Gasteiger partial charge in [0.1, 0.15) is 17.5 Å². The molecule has 7 heteroatoms. The fraction of sp³-hybridized carbons (Fsp3) is 0.704. The monoisotopic (exact) mass is 473 g/mol. The van der Waals surface area contributed by atoms with Gasteiger partial charge in [0, 0.05) is 24.1 Å². The summed E-state index contributed by atoms with van der Waals surface area (Å²) >= 11 is 0. The number of aliphatic hydroxyl groups is 1. The number of ether oxygens (including phenoxy) is 3. The Bertz CT molecular complexity index is 895. The second-order valence-corrected chi connectivity index (χ2v) is 11.3. The third-order valence-electron chi connectivity index (χ3n) is 7.46. The molecule has 7 nitrogen and oxygen atoms in total. The Labute approximate surface area is 202 Å². The van der Waals surface area contributed by atoms with Gasteiger partial charge in [-0.2, -0.15) is 0 Å². The number of nitrogens with zero attached hydrogens (tertiary/aromatic N) is 1. The highest BCUT2D eigenvalue weighted by Crippen LogP contribution is 2.44. The molecule has 2 bridgehead atoms. The van der Waals surface area contributed by atoms with Crippen molar-refractivity contribution in [2.75, 3.05) is 7.11 Å². The SMILES string of the molecule is COC(=O)C(C)Cc1ccc2c(c1)OC(C1CC3CCCC(C1)N3C(=O)OC(C)(C)C)CC2O. The van der Waals surface area contributed by atoms with E-state index in [1.807, 2.05) is 50.8 Å². The number of hydrogen-bond donors (Lipinski definition) is 1. The van der Waals surface area contributed by atoms with Crippen LogP contribution in [0.25, 0.3) is 0 Å². The van der Waals surface area contributed by atoms with E-state index in [2.05, 4.69) is 0 Å². The molecule has 34 heavy (non-hydrogen) atoms. The average Bonchev–Trinajstić information content (AvgIpc) is 2.76. The molecule has 0 radical (unpaired) electrons. The van der Waals surface area contributed by atoms with E-state index in [0.29, 0.717) is 18.6 Å². The van der Waals surface area contributed by atoms with Crippen molar-refractivity contribution in [2.24, 2.45) is 11.8 Å². The number of amides is 1. The highest BCUT2D eigenvalue weighted by molar-refractivity contribution is 5.72. The molecule has 1 aromatic carbocycles. The minimum absolute atomic E-state index is 0.0975. The Balaban J connectivity index is 1.47. The van der Waals surface area contributed by atoms with Crippen molar-refractivity contribution in [1.82, 2.24) is 4.90 Å². The van der Waals surface area contributed by atoms with Gasteiger partial charge >= 0.3 is 12.1 Å². The molecule has 3 aliphatic heterocycles. The van der Waals surface area contributed by atoms with Gasteiger partial charge in [-0.15, -0.1) is 0 Å². The van der Waals surface area contributed by atoms with E-state index in [-0.39, 0.29) is 42.1 Å². The van der Waals surface area contributed by atoms with Gasteiger partial charge in [0.15, 0.2) is 0 Å². The van der Waals surface area contributed by atoms with E-state index >= 15 is 0 Å². The zero-order valence-corrected chi connectivity index (χ0v) is 21.1. The number of carbonyl (C=O) groups excluding carboxylic acids is 2. The van der Waals surface area contributed by atoms with Gasteiger partial charge in [-0.25, -0.2) is 4.79 Å². The van der Waals surface area contributed by atoms with Gasteiger partial charge in [-0.3, -0.25) is 4.79 Å². The van der Waals surface area contributed by atoms with Gasteiger partial charge in [-0.05, 0) is 76.8 Å². The fourth-order valence-corrected chi connectivity index (χ4v) is 5.91. The second kappa shape index (κ2) is 9.76. The first-order valence-electron chi connectivity index (χ1n) is 12.6. The summed E-state index contributed by atoms with van der Waals surface area (Å²) in [6.45, 7) is 7.56. The lowest BCUT2D eigenvalue weighted by molar-refractivity contribution is -0.144. The molecule has 3 heterocycles. The Hall–Kier alpha value is -2.28. The summed E-state index contributed by atoms with van der Waals surface area (Å²) in [6.07, 6.45) is 5.04. The molecule has 3 aliphatic rings. The predicted octanol–water partition coefficient (Wildman–Crippen LogP) is 4.79. The van der Waals surface area contributed by atoms with E-state index < -0.39 is 11.7 Å². The summed E-state index contributed by atoms with van der Waals surface area (Å²) in [5.74, 6) is 0.497. The first-order valence-corrected chi connectivity index (χ1v) is 12.6. The predicted molar refractivity (Wildman–Crippen MR) is 128 cm³/mol. The summed E-state index contributed by atoms with van der Waals surface area (Å²) < 4.78 is 17.0. The molecule has 0 saturated carbocycles. The Morgan fingerprint density at radius 1 is 1.18 bits per heavy atom. The average molecular weight is 474 g/mol. The van der Waals surface area contributed by atoms with E-state index in [9.17, 15) is 14.7 Å². The fourth-order valence-electron chi connectivity index (χ4n) is 5.91. The third kappa shape index (κ3) is 5.35. The molecule has 2 fully saturated rings. The lowest BCUT2D eigenvalue weighted by Crippen LogP contribution is -2.57. The van der Waals surface area contributed by atoms with Crippen molar-refractivity contribution in [2.45, 2.75) is 103 Å². The first kappa shape index (κ1) is 24.8.